The molecule has 1 aliphatic rings. The number of nitrogens with zero attached hydrogens (tertiary/aromatic N) is 1. The third kappa shape index (κ3) is 6.64. The quantitative estimate of drug-likeness (QED) is 0.677. The second kappa shape index (κ2) is 7.67. The van der Waals surface area contributed by atoms with Crippen LogP contribution in [-0.4, -0.2) is 50.1 Å². The third-order valence-corrected chi connectivity index (χ3v) is 3.25. The molecule has 0 aromatic heterocycles. The first-order chi connectivity index (χ1) is 8.08. The highest BCUT2D eigenvalue weighted by atomic mass is 16.1. The Kier molecular flexibility index (Phi) is 6.52. The van der Waals surface area contributed by atoms with Gasteiger partial charge in [-0.25, -0.2) is 0 Å². The molecule has 1 rings (SSSR count). The molecule has 1 aliphatic heterocycles. The van der Waals surface area contributed by atoms with Gasteiger partial charge in [0.15, 0.2) is 0 Å². The molecule has 2 N–H and O–H groups in total. The second-order valence-electron chi connectivity index (χ2n) is 5.42. The van der Waals surface area contributed by atoms with E-state index < -0.39 is 0 Å². The van der Waals surface area contributed by atoms with Crippen LogP contribution >= 0.6 is 0 Å². The van der Waals surface area contributed by atoms with Gasteiger partial charge >= 0.3 is 0 Å². The molecule has 0 atom stereocenters. The molecule has 0 unspecified atom stereocenters. The van der Waals surface area contributed by atoms with Crippen molar-refractivity contribution >= 4 is 5.91 Å². The van der Waals surface area contributed by atoms with E-state index in [4.69, 9.17) is 0 Å². The summed E-state index contributed by atoms with van der Waals surface area (Å²) in [5.74, 6) is 0.940. The Morgan fingerprint density at radius 3 is 2.59 bits per heavy atom. The van der Waals surface area contributed by atoms with Crippen LogP contribution in [0.1, 0.15) is 33.1 Å². The maximum atomic E-state index is 11.4. The number of amides is 1. The molecule has 17 heavy (non-hydrogen) atoms. The summed E-state index contributed by atoms with van der Waals surface area (Å²) in [6, 6.07) is 0.247. The van der Waals surface area contributed by atoms with E-state index in [2.05, 4.69) is 22.6 Å². The van der Waals surface area contributed by atoms with Crippen molar-refractivity contribution in [1.82, 2.24) is 15.5 Å². The zero-order valence-corrected chi connectivity index (χ0v) is 11.5. The van der Waals surface area contributed by atoms with Crippen molar-refractivity contribution in [2.75, 3.05) is 33.2 Å². The molecule has 0 saturated carbocycles. The Morgan fingerprint density at radius 1 is 1.35 bits per heavy atom. The van der Waals surface area contributed by atoms with Gasteiger partial charge in [-0.1, -0.05) is 0 Å². The second-order valence-corrected chi connectivity index (χ2v) is 5.42. The maximum Gasteiger partial charge on any atom is 0.221 e. The lowest BCUT2D eigenvalue weighted by atomic mass is 9.97. The average Bonchev–Trinajstić information content (AvgIpc) is 2.26. The molecule has 0 aromatic carbocycles. The fourth-order valence-corrected chi connectivity index (χ4v) is 2.17. The SMILES string of the molecule is CC(C)NC(=O)CCNCC1CCN(C)CC1. The Hall–Kier alpha value is -0.610. The molecule has 0 aliphatic carbocycles. The summed E-state index contributed by atoms with van der Waals surface area (Å²) >= 11 is 0. The minimum atomic E-state index is 0.149. The number of hydrogen-bond acceptors (Lipinski definition) is 3. The highest BCUT2D eigenvalue weighted by Crippen LogP contribution is 2.14. The van der Waals surface area contributed by atoms with Gasteiger partial charge in [0.1, 0.15) is 0 Å². The van der Waals surface area contributed by atoms with Crippen LogP contribution in [0.3, 0.4) is 0 Å². The van der Waals surface area contributed by atoms with E-state index in [9.17, 15) is 4.79 Å². The summed E-state index contributed by atoms with van der Waals surface area (Å²) in [4.78, 5) is 13.8. The first-order valence-electron chi connectivity index (χ1n) is 6.76. The van der Waals surface area contributed by atoms with Gasteiger partial charge in [-0.3, -0.25) is 4.79 Å². The highest BCUT2D eigenvalue weighted by molar-refractivity contribution is 5.76. The number of carbonyl (C=O) groups excluding carboxylic acids is 1. The van der Waals surface area contributed by atoms with Crippen LogP contribution < -0.4 is 10.6 Å². The van der Waals surface area contributed by atoms with Gasteiger partial charge in [0.2, 0.25) is 5.91 Å². The topological polar surface area (TPSA) is 44.4 Å². The maximum absolute atomic E-state index is 11.4. The van der Waals surface area contributed by atoms with Gasteiger partial charge in [0.25, 0.3) is 0 Å². The molecule has 1 heterocycles. The van der Waals surface area contributed by atoms with Crippen molar-refractivity contribution in [3.05, 3.63) is 0 Å². The molecule has 100 valence electrons. The van der Waals surface area contributed by atoms with Gasteiger partial charge < -0.3 is 15.5 Å². The van der Waals surface area contributed by atoms with Crippen molar-refractivity contribution in [3.8, 4) is 0 Å². The fourth-order valence-electron chi connectivity index (χ4n) is 2.17. The number of carbonyl (C=O) groups is 1. The lowest BCUT2D eigenvalue weighted by molar-refractivity contribution is -0.121. The Bertz CT molecular complexity index is 223. The highest BCUT2D eigenvalue weighted by Gasteiger charge is 2.15. The summed E-state index contributed by atoms with van der Waals surface area (Å²) in [7, 11) is 2.18. The van der Waals surface area contributed by atoms with Crippen LogP contribution in [0.4, 0.5) is 0 Å². The molecule has 1 amide bonds. The summed E-state index contributed by atoms with van der Waals surface area (Å²) in [6.07, 6.45) is 3.15. The first-order valence-corrected chi connectivity index (χ1v) is 6.76. The molecular formula is C13H27N3O. The van der Waals surface area contributed by atoms with E-state index in [1.54, 1.807) is 0 Å². The number of hydrogen-bond donors (Lipinski definition) is 2. The minimum Gasteiger partial charge on any atom is -0.354 e. The molecule has 0 aromatic rings. The summed E-state index contributed by atoms with van der Waals surface area (Å²) < 4.78 is 0. The average molecular weight is 241 g/mol. The minimum absolute atomic E-state index is 0.149. The largest absolute Gasteiger partial charge is 0.354 e. The van der Waals surface area contributed by atoms with E-state index in [1.807, 2.05) is 13.8 Å². The van der Waals surface area contributed by atoms with Crippen LogP contribution in [-0.2, 0) is 4.79 Å². The van der Waals surface area contributed by atoms with Crippen molar-refractivity contribution < 1.29 is 4.79 Å². The number of nitrogens with one attached hydrogen (secondary N) is 2. The number of likely N-dealkylation sites (tertiary alicyclic amines) is 1. The Balaban J connectivity index is 1.99. The smallest absolute Gasteiger partial charge is 0.221 e. The van der Waals surface area contributed by atoms with Crippen LogP contribution in [0.2, 0.25) is 0 Å². The molecular weight excluding hydrogens is 214 g/mol. The lowest BCUT2D eigenvalue weighted by Crippen LogP contribution is -2.36. The Morgan fingerprint density at radius 2 is 2.00 bits per heavy atom. The molecule has 1 fully saturated rings. The van der Waals surface area contributed by atoms with E-state index >= 15 is 0 Å². The summed E-state index contributed by atoms with van der Waals surface area (Å²) in [6.45, 7) is 8.25. The van der Waals surface area contributed by atoms with E-state index in [-0.39, 0.29) is 11.9 Å². The molecule has 4 nitrogen and oxygen atoms in total. The predicted molar refractivity (Wildman–Crippen MR) is 71.0 cm³/mol. The number of rotatable bonds is 6. The van der Waals surface area contributed by atoms with E-state index in [1.165, 1.54) is 25.9 Å². The lowest BCUT2D eigenvalue weighted by Gasteiger charge is -2.29. The number of piperidine rings is 1. The van der Waals surface area contributed by atoms with Crippen LogP contribution in [0.25, 0.3) is 0 Å². The molecule has 4 heteroatoms. The van der Waals surface area contributed by atoms with Gasteiger partial charge in [-0.05, 0) is 59.3 Å². The molecule has 1 saturated heterocycles. The normalized spacial score (nSPS) is 18.6. The van der Waals surface area contributed by atoms with E-state index in [0.29, 0.717) is 6.42 Å². The van der Waals surface area contributed by atoms with Crippen molar-refractivity contribution in [2.24, 2.45) is 5.92 Å². The van der Waals surface area contributed by atoms with E-state index in [0.717, 1.165) is 19.0 Å². The van der Waals surface area contributed by atoms with Crippen LogP contribution in [0, 0.1) is 5.92 Å². The van der Waals surface area contributed by atoms with Gasteiger partial charge in [-0.2, -0.15) is 0 Å². The van der Waals surface area contributed by atoms with Gasteiger partial charge in [-0.15, -0.1) is 0 Å². The zero-order valence-electron chi connectivity index (χ0n) is 11.5. The van der Waals surface area contributed by atoms with Gasteiger partial charge in [0, 0.05) is 19.0 Å². The standard InChI is InChI=1S/C13H27N3O/c1-11(2)15-13(17)4-7-14-10-12-5-8-16(3)9-6-12/h11-12,14H,4-10H2,1-3H3,(H,15,17). The van der Waals surface area contributed by atoms with Crippen molar-refractivity contribution in [1.29, 1.82) is 0 Å². The van der Waals surface area contributed by atoms with Gasteiger partial charge in [0.05, 0.1) is 0 Å². The third-order valence-electron chi connectivity index (χ3n) is 3.25. The van der Waals surface area contributed by atoms with Crippen LogP contribution in [0.5, 0.6) is 0 Å². The molecule has 0 radical (unpaired) electrons. The molecule has 0 spiro atoms. The van der Waals surface area contributed by atoms with Crippen molar-refractivity contribution in [2.45, 2.75) is 39.2 Å². The Labute approximate surface area is 105 Å². The summed E-state index contributed by atoms with van der Waals surface area (Å²) in [5.41, 5.74) is 0. The van der Waals surface area contributed by atoms with Crippen molar-refractivity contribution in [3.63, 3.8) is 0 Å². The first kappa shape index (κ1) is 14.5. The predicted octanol–water partition coefficient (Wildman–Crippen LogP) is 0.833. The zero-order chi connectivity index (χ0) is 12.7. The fraction of sp³-hybridized carbons (Fsp3) is 0.923. The monoisotopic (exact) mass is 241 g/mol. The summed E-state index contributed by atoms with van der Waals surface area (Å²) in [5, 5.41) is 6.30. The molecule has 0 bridgehead atoms. The van der Waals surface area contributed by atoms with Crippen LogP contribution in [0.15, 0.2) is 0 Å².